The molecule has 25 heavy (non-hydrogen) atoms. The van der Waals surface area contributed by atoms with E-state index in [2.05, 4.69) is 48.5 Å². The van der Waals surface area contributed by atoms with E-state index in [4.69, 9.17) is 0 Å². The van der Waals surface area contributed by atoms with Crippen molar-refractivity contribution in [3.63, 3.8) is 0 Å². The normalized spacial score (nSPS) is 10.6. The molecule has 1 amide bonds. The zero-order valence-corrected chi connectivity index (χ0v) is 20.0. The Morgan fingerprint density at radius 3 is 1.92 bits per heavy atom. The van der Waals surface area contributed by atoms with Crippen LogP contribution >= 0.6 is 0 Å². The van der Waals surface area contributed by atoms with Crippen molar-refractivity contribution in [3.8, 4) is 0 Å². The molecule has 0 saturated carbocycles. The Labute approximate surface area is 171 Å². The average molecular weight is 454 g/mol. The van der Waals surface area contributed by atoms with Crippen molar-refractivity contribution in [2.75, 3.05) is 5.32 Å². The van der Waals surface area contributed by atoms with Gasteiger partial charge in [0.05, 0.1) is 5.69 Å². The maximum absolute atomic E-state index is 12.0. The Morgan fingerprint density at radius 1 is 1.04 bits per heavy atom. The van der Waals surface area contributed by atoms with Crippen LogP contribution in [0.25, 0.3) is 0 Å². The van der Waals surface area contributed by atoms with Crippen LogP contribution < -0.4 is 5.32 Å². The minimum absolute atomic E-state index is 0.0252. The van der Waals surface area contributed by atoms with Gasteiger partial charge in [-0.3, -0.25) is 9.59 Å². The number of rotatable bonds is 2. The predicted octanol–water partition coefficient (Wildman–Crippen LogP) is 3.77. The van der Waals surface area contributed by atoms with E-state index in [1.54, 1.807) is 6.07 Å². The summed E-state index contributed by atoms with van der Waals surface area (Å²) in [4.78, 5) is 23.1. The zero-order valence-electron chi connectivity index (χ0n) is 15.1. The van der Waals surface area contributed by atoms with Gasteiger partial charge in [-0.05, 0) is 23.1 Å². The minimum Gasteiger partial charge on any atom is -0.325 e. The predicted molar refractivity (Wildman–Crippen MR) is 123 cm³/mol. The quantitative estimate of drug-likeness (QED) is 0.693. The molecule has 1 aromatic rings. The second kappa shape index (κ2) is 11.4. The molecular formula is C16H23NO2S6. The molecular weight excluding hydrogens is 431 g/mol. The monoisotopic (exact) mass is 453 g/mol. The highest BCUT2D eigenvalue weighted by molar-refractivity contribution is 8.64. The molecule has 0 saturated heterocycles. The molecule has 0 unspecified atom stereocenters. The van der Waals surface area contributed by atoms with Gasteiger partial charge in [0.1, 0.15) is 0 Å². The molecule has 0 spiro atoms. The first kappa shape index (κ1) is 24.7. The molecule has 0 aliphatic carbocycles. The van der Waals surface area contributed by atoms with Crippen LogP contribution in [0.5, 0.6) is 0 Å². The number of anilines is 1. The summed E-state index contributed by atoms with van der Waals surface area (Å²) in [6.07, 6.45) is 0.769. The molecule has 0 fully saturated rings. The highest BCUT2D eigenvalue weighted by atomic mass is 33.3. The summed E-state index contributed by atoms with van der Waals surface area (Å²) < 4.78 is 0. The summed E-state index contributed by atoms with van der Waals surface area (Å²) in [7, 11) is 5.63. The van der Waals surface area contributed by atoms with Crippen molar-refractivity contribution >= 4 is 75.8 Å². The number of aldehydes is 1. The van der Waals surface area contributed by atoms with Crippen LogP contribution in [0.1, 0.15) is 57.5 Å². The number of carbonyl (C=O) groups excluding carboxylic acids is 2. The maximum atomic E-state index is 12.0. The van der Waals surface area contributed by atoms with Crippen LogP contribution in [0, 0.1) is 5.41 Å². The molecule has 0 bridgehead atoms. The SMILES string of the molecule is CC(C)(C)C(=O)Nc1cc(C(C)(C)C)ccc1C=O.S=S=S=S=S=S. The van der Waals surface area contributed by atoms with Crippen LogP contribution in [-0.4, -0.2) is 12.2 Å². The molecule has 0 atom stereocenters. The number of benzene rings is 1. The molecule has 1 rings (SSSR count). The molecule has 0 aliphatic rings. The highest BCUT2D eigenvalue weighted by Gasteiger charge is 2.23. The third kappa shape index (κ3) is 9.81. The third-order valence-corrected chi connectivity index (χ3v) is 9.73. The van der Waals surface area contributed by atoms with E-state index < -0.39 is 5.41 Å². The highest BCUT2D eigenvalue weighted by Crippen LogP contribution is 2.27. The summed E-state index contributed by atoms with van der Waals surface area (Å²) in [5.41, 5.74) is 1.66. The van der Waals surface area contributed by atoms with Gasteiger partial charge in [-0.2, -0.15) is 0 Å². The first-order valence-corrected chi connectivity index (χ1v) is 14.0. The van der Waals surface area contributed by atoms with Crippen LogP contribution in [0.4, 0.5) is 5.69 Å². The van der Waals surface area contributed by atoms with Crippen molar-refractivity contribution in [2.45, 2.75) is 47.0 Å². The molecule has 0 heterocycles. The van der Waals surface area contributed by atoms with E-state index in [9.17, 15) is 9.59 Å². The van der Waals surface area contributed by atoms with Crippen LogP contribution in [0.2, 0.25) is 0 Å². The Balaban J connectivity index is 0.000000823. The van der Waals surface area contributed by atoms with Gasteiger partial charge >= 0.3 is 0 Å². The van der Waals surface area contributed by atoms with Crippen molar-refractivity contribution in [2.24, 2.45) is 5.41 Å². The summed E-state index contributed by atoms with van der Waals surface area (Å²) in [5.74, 6) is -0.0957. The topological polar surface area (TPSA) is 46.2 Å². The molecule has 1 N–H and O–H groups in total. The first-order chi connectivity index (χ1) is 11.5. The smallest absolute Gasteiger partial charge is 0.229 e. The molecule has 1 aromatic carbocycles. The third-order valence-electron chi connectivity index (χ3n) is 3.06. The van der Waals surface area contributed by atoms with Crippen LogP contribution in [-0.2, 0) is 68.1 Å². The van der Waals surface area contributed by atoms with Crippen molar-refractivity contribution in [1.82, 2.24) is 0 Å². The van der Waals surface area contributed by atoms with Crippen LogP contribution in [0.3, 0.4) is 0 Å². The van der Waals surface area contributed by atoms with Gasteiger partial charge in [0.25, 0.3) is 0 Å². The van der Waals surface area contributed by atoms with E-state index in [1.165, 1.54) is 35.5 Å². The van der Waals surface area contributed by atoms with Gasteiger partial charge < -0.3 is 5.32 Å². The molecule has 9 heteroatoms. The lowest BCUT2D eigenvalue weighted by Gasteiger charge is -2.22. The standard InChI is InChI=1S/C16H23NO2.S6/c1-15(2,3)12-8-7-11(10-18)13(9-12)17-14(19)16(4,5)6;1-3-5-6-4-2/h7-10H,1-6H3,(H,17,19);. The second-order valence-corrected chi connectivity index (χ2v) is 14.2. The summed E-state index contributed by atoms with van der Waals surface area (Å²) in [6.45, 7) is 11.8. The van der Waals surface area contributed by atoms with Gasteiger partial charge in [0, 0.05) is 68.9 Å². The Bertz CT molecular complexity index is 764. The molecule has 3 nitrogen and oxygen atoms in total. The summed E-state index contributed by atoms with van der Waals surface area (Å²) in [6, 6.07) is 5.57. The van der Waals surface area contributed by atoms with E-state index in [-0.39, 0.29) is 11.3 Å². The van der Waals surface area contributed by atoms with Crippen molar-refractivity contribution < 1.29 is 9.59 Å². The van der Waals surface area contributed by atoms with Gasteiger partial charge in [-0.1, -0.05) is 47.6 Å². The Kier molecular flexibility index (Phi) is 11.3. The van der Waals surface area contributed by atoms with E-state index in [1.807, 2.05) is 32.9 Å². The van der Waals surface area contributed by atoms with Crippen LogP contribution in [0.15, 0.2) is 18.2 Å². The minimum atomic E-state index is -0.488. The molecule has 0 aliphatic heterocycles. The Morgan fingerprint density at radius 2 is 1.56 bits per heavy atom. The molecule has 140 valence electrons. The zero-order chi connectivity index (χ0) is 19.7. The lowest BCUT2D eigenvalue weighted by atomic mass is 9.86. The van der Waals surface area contributed by atoms with Gasteiger partial charge in [0.15, 0.2) is 6.29 Å². The summed E-state index contributed by atoms with van der Waals surface area (Å²) >= 11 is 9.03. The van der Waals surface area contributed by atoms with E-state index in [0.29, 0.717) is 11.3 Å². The fourth-order valence-electron chi connectivity index (χ4n) is 1.57. The average Bonchev–Trinajstić information content (AvgIpc) is 2.51. The van der Waals surface area contributed by atoms with E-state index in [0.717, 1.165) is 11.8 Å². The number of hydrogen-bond donors (Lipinski definition) is 1. The summed E-state index contributed by atoms with van der Waals surface area (Å²) in [5, 5.41) is 2.84. The number of amides is 1. The lowest BCUT2D eigenvalue weighted by molar-refractivity contribution is -0.123. The lowest BCUT2D eigenvalue weighted by Crippen LogP contribution is -2.28. The molecule has 0 aromatic heterocycles. The fourth-order valence-corrected chi connectivity index (χ4v) is 7.05. The number of carbonyl (C=O) groups is 2. The number of nitrogens with one attached hydrogen (secondary N) is 1. The Hall–Kier alpha value is -0.320. The maximum Gasteiger partial charge on any atom is 0.229 e. The largest absolute Gasteiger partial charge is 0.325 e. The van der Waals surface area contributed by atoms with Crippen molar-refractivity contribution in [3.05, 3.63) is 29.3 Å². The van der Waals surface area contributed by atoms with E-state index >= 15 is 0 Å². The fraction of sp³-hybridized carbons (Fsp3) is 0.500. The second-order valence-electron chi connectivity index (χ2n) is 7.15. The van der Waals surface area contributed by atoms with Crippen molar-refractivity contribution in [1.29, 1.82) is 0 Å². The van der Waals surface area contributed by atoms with Gasteiger partial charge in [0.2, 0.25) is 5.91 Å². The number of hydrogen-bond acceptors (Lipinski definition) is 4. The first-order valence-electron chi connectivity index (χ1n) is 7.30. The van der Waals surface area contributed by atoms with Gasteiger partial charge in [-0.15, -0.1) is 0 Å². The van der Waals surface area contributed by atoms with Gasteiger partial charge in [-0.25, -0.2) is 0 Å². The molecule has 0 radical (unpaired) electrons.